The Hall–Kier alpha value is -1.17. The number of nitrogens with one attached hydrogen (secondary N) is 1. The summed E-state index contributed by atoms with van der Waals surface area (Å²) in [6, 6.07) is 5.28. The third kappa shape index (κ3) is 2.91. The van der Waals surface area contributed by atoms with Gasteiger partial charge in [-0.1, -0.05) is 6.92 Å². The van der Waals surface area contributed by atoms with Crippen LogP contribution in [-0.4, -0.2) is 62.2 Å². The normalized spacial score (nSPS) is 29.4. The molecule has 4 nitrogen and oxygen atoms in total. The van der Waals surface area contributed by atoms with Crippen LogP contribution in [0.3, 0.4) is 0 Å². The first-order valence-electron chi connectivity index (χ1n) is 7.76. The predicted molar refractivity (Wildman–Crippen MR) is 81.2 cm³/mol. The third-order valence-corrected chi connectivity index (χ3v) is 4.66. The summed E-state index contributed by atoms with van der Waals surface area (Å²) in [7, 11) is 1.65. The maximum atomic E-state index is 13.7. The Morgan fingerprint density at radius 3 is 2.67 bits per heavy atom. The summed E-state index contributed by atoms with van der Waals surface area (Å²) in [5.41, 5.74) is 0.929. The van der Waals surface area contributed by atoms with Crippen molar-refractivity contribution in [3.63, 3.8) is 0 Å². The quantitative estimate of drug-likeness (QED) is 0.890. The van der Waals surface area contributed by atoms with Gasteiger partial charge in [-0.15, -0.1) is 0 Å². The van der Waals surface area contributed by atoms with Crippen LogP contribution in [0.15, 0.2) is 18.2 Å². The molecule has 5 heteroatoms. The van der Waals surface area contributed by atoms with E-state index >= 15 is 0 Å². The highest BCUT2D eigenvalue weighted by molar-refractivity contribution is 5.37. The molecule has 21 heavy (non-hydrogen) atoms. The zero-order valence-electron chi connectivity index (χ0n) is 12.8. The molecular weight excluding hydrogens is 269 g/mol. The lowest BCUT2D eigenvalue weighted by Gasteiger charge is -2.50. The summed E-state index contributed by atoms with van der Waals surface area (Å²) in [5, 5.41) is 3.54. The van der Waals surface area contributed by atoms with Crippen LogP contribution in [0.25, 0.3) is 0 Å². The molecule has 0 spiro atoms. The first-order chi connectivity index (χ1) is 10.2. The molecule has 3 aliphatic rings. The van der Waals surface area contributed by atoms with E-state index in [0.717, 1.165) is 50.6 Å². The van der Waals surface area contributed by atoms with Crippen molar-refractivity contribution >= 4 is 0 Å². The molecule has 0 radical (unpaired) electrons. The van der Waals surface area contributed by atoms with Gasteiger partial charge in [-0.2, -0.15) is 0 Å². The van der Waals surface area contributed by atoms with Crippen LogP contribution >= 0.6 is 0 Å². The second kappa shape index (κ2) is 6.30. The van der Waals surface area contributed by atoms with Crippen LogP contribution in [-0.2, 0) is 0 Å². The van der Waals surface area contributed by atoms with E-state index in [-0.39, 0.29) is 11.9 Å². The minimum Gasteiger partial charge on any atom is -0.496 e. The largest absolute Gasteiger partial charge is 0.496 e. The molecule has 3 heterocycles. The Bertz CT molecular complexity index is 488. The molecule has 0 aromatic heterocycles. The molecular formula is C16H24FN3O. The number of likely N-dealkylation sites (N-methyl/N-ethyl adjacent to an activating group) is 1. The van der Waals surface area contributed by atoms with Crippen molar-refractivity contribution in [1.29, 1.82) is 0 Å². The Morgan fingerprint density at radius 2 is 2.10 bits per heavy atom. The second-order valence-electron chi connectivity index (χ2n) is 5.83. The molecule has 1 N–H and O–H groups in total. The van der Waals surface area contributed by atoms with E-state index in [4.69, 9.17) is 4.74 Å². The van der Waals surface area contributed by atoms with Gasteiger partial charge in [0.05, 0.1) is 13.2 Å². The van der Waals surface area contributed by atoms with Crippen molar-refractivity contribution in [1.82, 2.24) is 15.1 Å². The van der Waals surface area contributed by atoms with E-state index in [1.165, 1.54) is 6.07 Å². The molecule has 0 amide bonds. The van der Waals surface area contributed by atoms with Gasteiger partial charge in [-0.25, -0.2) is 4.39 Å². The molecule has 0 saturated carbocycles. The number of rotatable bonds is 5. The number of nitrogens with zero attached hydrogens (tertiary/aromatic N) is 2. The molecule has 116 valence electrons. The van der Waals surface area contributed by atoms with Gasteiger partial charge in [0.2, 0.25) is 0 Å². The van der Waals surface area contributed by atoms with Crippen molar-refractivity contribution in [2.45, 2.75) is 19.0 Å². The lowest BCUT2D eigenvalue weighted by atomic mass is 9.93. The van der Waals surface area contributed by atoms with Crippen LogP contribution in [0.2, 0.25) is 0 Å². The number of hydrogen-bond acceptors (Lipinski definition) is 4. The Labute approximate surface area is 125 Å². The molecule has 4 rings (SSSR count). The average molecular weight is 293 g/mol. The van der Waals surface area contributed by atoms with Gasteiger partial charge in [0.15, 0.2) is 0 Å². The minimum atomic E-state index is -0.204. The number of halogens is 1. The van der Waals surface area contributed by atoms with E-state index in [1.54, 1.807) is 19.2 Å². The Morgan fingerprint density at radius 1 is 1.33 bits per heavy atom. The van der Waals surface area contributed by atoms with Gasteiger partial charge in [0, 0.05) is 44.3 Å². The first-order valence-corrected chi connectivity index (χ1v) is 7.76. The highest BCUT2D eigenvalue weighted by atomic mass is 19.1. The number of piperazine rings is 3. The van der Waals surface area contributed by atoms with Crippen LogP contribution in [0, 0.1) is 5.82 Å². The molecule has 2 unspecified atom stereocenters. The van der Waals surface area contributed by atoms with E-state index in [0.29, 0.717) is 6.04 Å². The zero-order valence-corrected chi connectivity index (χ0v) is 12.8. The average Bonchev–Trinajstić information content (AvgIpc) is 2.53. The van der Waals surface area contributed by atoms with Gasteiger partial charge < -0.3 is 10.1 Å². The maximum absolute atomic E-state index is 13.7. The summed E-state index contributed by atoms with van der Waals surface area (Å²) < 4.78 is 19.2. The van der Waals surface area contributed by atoms with Gasteiger partial charge in [0.25, 0.3) is 0 Å². The maximum Gasteiger partial charge on any atom is 0.123 e. The lowest BCUT2D eigenvalue weighted by molar-refractivity contribution is -0.00378. The van der Waals surface area contributed by atoms with E-state index in [2.05, 4.69) is 22.0 Å². The minimum absolute atomic E-state index is 0.101. The predicted octanol–water partition coefficient (Wildman–Crippen LogP) is 1.48. The number of methoxy groups -OCH3 is 1. The topological polar surface area (TPSA) is 27.7 Å². The highest BCUT2D eigenvalue weighted by Crippen LogP contribution is 2.33. The molecule has 1 aromatic rings. The molecule has 0 aliphatic carbocycles. The zero-order chi connectivity index (χ0) is 14.8. The summed E-state index contributed by atoms with van der Waals surface area (Å²) >= 11 is 0. The van der Waals surface area contributed by atoms with Crippen molar-refractivity contribution in [3.8, 4) is 5.75 Å². The standard InChI is InChI=1S/C16H24FN3O/c1-3-18-16(13-10-12(17)4-5-15(13)21-2)14-11-19-6-8-20(14)9-7-19/h4-5,10,14,16,18H,3,6-9,11H2,1-2H3. The monoisotopic (exact) mass is 293 g/mol. The summed E-state index contributed by atoms with van der Waals surface area (Å²) in [6.45, 7) is 8.49. The Balaban J connectivity index is 1.92. The van der Waals surface area contributed by atoms with Gasteiger partial charge in [-0.3, -0.25) is 9.80 Å². The number of fused-ring (bicyclic) bond motifs is 3. The summed E-state index contributed by atoms with van der Waals surface area (Å²) in [6.07, 6.45) is 0. The van der Waals surface area contributed by atoms with Crippen LogP contribution in [0.1, 0.15) is 18.5 Å². The SMILES string of the molecule is CCNC(c1cc(F)ccc1OC)C1CN2CCN1CC2. The molecule has 3 saturated heterocycles. The van der Waals surface area contributed by atoms with Crippen LogP contribution in [0.5, 0.6) is 5.75 Å². The molecule has 3 aliphatic heterocycles. The Kier molecular flexibility index (Phi) is 4.42. The van der Waals surface area contributed by atoms with E-state index in [9.17, 15) is 4.39 Å². The number of hydrogen-bond donors (Lipinski definition) is 1. The molecule has 2 bridgehead atoms. The van der Waals surface area contributed by atoms with Crippen molar-refractivity contribution in [3.05, 3.63) is 29.6 Å². The molecule has 1 aromatic carbocycles. The highest BCUT2D eigenvalue weighted by Gasteiger charge is 2.38. The lowest BCUT2D eigenvalue weighted by Crippen LogP contribution is -2.64. The molecule has 3 fully saturated rings. The van der Waals surface area contributed by atoms with Crippen molar-refractivity contribution in [2.75, 3.05) is 46.4 Å². The van der Waals surface area contributed by atoms with E-state index < -0.39 is 0 Å². The fourth-order valence-electron chi connectivity index (χ4n) is 3.60. The van der Waals surface area contributed by atoms with Gasteiger partial charge in [0.1, 0.15) is 11.6 Å². The van der Waals surface area contributed by atoms with Crippen molar-refractivity contribution in [2.24, 2.45) is 0 Å². The molecule has 2 atom stereocenters. The smallest absolute Gasteiger partial charge is 0.123 e. The third-order valence-electron chi connectivity index (χ3n) is 4.66. The first kappa shape index (κ1) is 14.8. The second-order valence-corrected chi connectivity index (χ2v) is 5.83. The summed E-state index contributed by atoms with van der Waals surface area (Å²) in [5.74, 6) is 0.560. The van der Waals surface area contributed by atoms with E-state index in [1.807, 2.05) is 0 Å². The van der Waals surface area contributed by atoms with Crippen molar-refractivity contribution < 1.29 is 9.13 Å². The van der Waals surface area contributed by atoms with Crippen LogP contribution < -0.4 is 10.1 Å². The fourth-order valence-corrected chi connectivity index (χ4v) is 3.60. The van der Waals surface area contributed by atoms with Gasteiger partial charge in [-0.05, 0) is 24.7 Å². The fraction of sp³-hybridized carbons (Fsp3) is 0.625. The van der Waals surface area contributed by atoms with Gasteiger partial charge >= 0.3 is 0 Å². The number of ether oxygens (including phenoxy) is 1. The summed E-state index contributed by atoms with van der Waals surface area (Å²) in [4.78, 5) is 5.03. The number of benzene rings is 1. The van der Waals surface area contributed by atoms with Crippen LogP contribution in [0.4, 0.5) is 4.39 Å².